The number of rotatable bonds is 4. The number of alkyl halides is 6. The number of aromatic nitrogens is 4. The second-order valence-corrected chi connectivity index (χ2v) is 9.39. The largest absolute Gasteiger partial charge is 0.465 e. The Morgan fingerprint density at radius 1 is 1.05 bits per heavy atom. The maximum Gasteiger partial charge on any atom is 0.416 e. The van der Waals surface area contributed by atoms with Crippen LogP contribution in [0.1, 0.15) is 52.3 Å². The van der Waals surface area contributed by atoms with Crippen LogP contribution in [0.25, 0.3) is 0 Å². The Bertz CT molecular complexity index is 1370. The zero-order valence-electron chi connectivity index (χ0n) is 20.4. The normalized spacial score (nSPS) is 17.5. The molecule has 0 saturated heterocycles. The predicted molar refractivity (Wildman–Crippen MR) is 124 cm³/mol. The molecule has 2 aliphatic heterocycles. The molecule has 2 aliphatic rings. The third-order valence-corrected chi connectivity index (χ3v) is 6.74. The van der Waals surface area contributed by atoms with Gasteiger partial charge in [-0.1, -0.05) is 5.10 Å². The lowest BCUT2D eigenvalue weighted by atomic mass is 9.95. The number of carbonyl (C=O) groups is 1. The lowest BCUT2D eigenvalue weighted by Gasteiger charge is -2.32. The van der Waals surface area contributed by atoms with Crippen LogP contribution in [-0.4, -0.2) is 38.0 Å². The summed E-state index contributed by atoms with van der Waals surface area (Å²) in [7, 11) is 1.47. The molecule has 0 unspecified atom stereocenters. The molecule has 0 bridgehead atoms. The van der Waals surface area contributed by atoms with E-state index in [0.29, 0.717) is 42.8 Å². The van der Waals surface area contributed by atoms with Crippen LogP contribution in [0.2, 0.25) is 0 Å². The predicted octanol–water partition coefficient (Wildman–Crippen LogP) is 5.30. The monoisotopic (exact) mass is 556 g/mol. The molecule has 208 valence electrons. The molecule has 1 aromatic heterocycles. The summed E-state index contributed by atoms with van der Waals surface area (Å²) in [5.74, 6) is -0.0278. The Morgan fingerprint density at radius 3 is 2.26 bits per heavy atom. The topological polar surface area (TPSA) is 96.6 Å². The lowest BCUT2D eigenvalue weighted by Crippen LogP contribution is -2.31. The summed E-state index contributed by atoms with van der Waals surface area (Å²) in [6, 6.07) is 4.19. The molecular weight excluding hydrogens is 534 g/mol. The molecule has 3 aromatic rings. The van der Waals surface area contributed by atoms with Crippen LogP contribution in [0.5, 0.6) is 0 Å². The molecule has 0 saturated carbocycles. The second kappa shape index (κ2) is 9.70. The fourth-order valence-corrected chi connectivity index (χ4v) is 4.99. The van der Waals surface area contributed by atoms with Gasteiger partial charge in [0, 0.05) is 13.1 Å². The Balaban J connectivity index is 1.65. The van der Waals surface area contributed by atoms with E-state index in [9.17, 15) is 36.2 Å². The zero-order chi connectivity index (χ0) is 28.1. The minimum absolute atomic E-state index is 0.0278. The van der Waals surface area contributed by atoms with Gasteiger partial charge in [-0.05, 0) is 70.6 Å². The van der Waals surface area contributed by atoms with Crippen molar-refractivity contribution in [2.75, 3.05) is 16.3 Å². The van der Waals surface area contributed by atoms with Crippen molar-refractivity contribution >= 4 is 17.7 Å². The number of ether oxygens (including phenoxy) is 1. The number of tetrazole rings is 1. The van der Waals surface area contributed by atoms with E-state index in [0.717, 1.165) is 15.9 Å². The number of carboxylic acid groups (broad SMARTS) is 1. The molecule has 9 nitrogen and oxygen atoms in total. The van der Waals surface area contributed by atoms with Crippen LogP contribution < -0.4 is 9.80 Å². The fourth-order valence-electron chi connectivity index (χ4n) is 4.99. The van der Waals surface area contributed by atoms with Crippen molar-refractivity contribution in [2.45, 2.75) is 51.0 Å². The highest BCUT2D eigenvalue weighted by Gasteiger charge is 2.38. The van der Waals surface area contributed by atoms with Gasteiger partial charge in [0.15, 0.2) is 0 Å². The molecule has 1 amide bonds. The lowest BCUT2D eigenvalue weighted by molar-refractivity contribution is -0.143. The van der Waals surface area contributed by atoms with E-state index in [4.69, 9.17) is 4.74 Å². The third kappa shape index (κ3) is 5.35. The first-order chi connectivity index (χ1) is 18.3. The number of halogens is 6. The van der Waals surface area contributed by atoms with Gasteiger partial charge < -0.3 is 14.7 Å². The fraction of sp³-hybridized carbons (Fsp3) is 0.417. The van der Waals surface area contributed by atoms with Crippen molar-refractivity contribution in [1.29, 1.82) is 0 Å². The van der Waals surface area contributed by atoms with Gasteiger partial charge in [-0.2, -0.15) is 31.1 Å². The Morgan fingerprint density at radius 2 is 1.69 bits per heavy atom. The van der Waals surface area contributed by atoms with Gasteiger partial charge in [0.05, 0.1) is 43.1 Å². The summed E-state index contributed by atoms with van der Waals surface area (Å²) in [4.78, 5) is 15.9. The molecular formula is C24H22F6N6O3. The average Bonchev–Trinajstić information content (AvgIpc) is 3.44. The van der Waals surface area contributed by atoms with Crippen LogP contribution in [0.3, 0.4) is 0 Å². The van der Waals surface area contributed by atoms with Crippen molar-refractivity contribution in [3.63, 3.8) is 0 Å². The molecule has 1 N–H and O–H groups in total. The molecule has 0 fully saturated rings. The highest BCUT2D eigenvalue weighted by molar-refractivity contribution is 5.88. The summed E-state index contributed by atoms with van der Waals surface area (Å²) < 4.78 is 86.9. The van der Waals surface area contributed by atoms with Gasteiger partial charge in [-0.25, -0.2) is 4.79 Å². The summed E-state index contributed by atoms with van der Waals surface area (Å²) in [6.45, 7) is 0.292. The summed E-state index contributed by atoms with van der Waals surface area (Å²) >= 11 is 0. The number of fused-ring (bicyclic) bond motifs is 2. The quantitative estimate of drug-likeness (QED) is 0.436. The standard InChI is InChI=1S/C24H22F6N6O3/c1-34-32-21(31-33-34)36(10-13-5-16(23(25,26)27)9-17(6-13)24(28,29)30)19-3-2-4-35(22(37)38)20-8-15-12-39-11-14(15)7-18(19)20/h5-9,19H,2-4,10-12H2,1H3,(H,37,38)/t19-/m0/s1. The van der Waals surface area contributed by atoms with Gasteiger partial charge >= 0.3 is 18.4 Å². The van der Waals surface area contributed by atoms with Gasteiger partial charge in [-0.3, -0.25) is 4.90 Å². The van der Waals surface area contributed by atoms with Crippen molar-refractivity contribution in [1.82, 2.24) is 20.2 Å². The van der Waals surface area contributed by atoms with Gasteiger partial charge in [-0.15, -0.1) is 5.10 Å². The van der Waals surface area contributed by atoms with Crippen LogP contribution in [0, 0.1) is 0 Å². The summed E-state index contributed by atoms with van der Waals surface area (Å²) in [5, 5.41) is 21.8. The van der Waals surface area contributed by atoms with E-state index in [1.165, 1.54) is 16.8 Å². The molecule has 2 aromatic carbocycles. The van der Waals surface area contributed by atoms with E-state index in [1.807, 2.05) is 0 Å². The number of hydrogen-bond acceptors (Lipinski definition) is 6. The van der Waals surface area contributed by atoms with Gasteiger partial charge in [0.2, 0.25) is 0 Å². The summed E-state index contributed by atoms with van der Waals surface area (Å²) in [6.07, 6.45) is -10.5. The van der Waals surface area contributed by atoms with Crippen LogP contribution in [-0.2, 0) is 43.9 Å². The first-order valence-corrected chi connectivity index (χ1v) is 11.8. The number of benzene rings is 2. The van der Waals surface area contributed by atoms with E-state index in [2.05, 4.69) is 15.4 Å². The van der Waals surface area contributed by atoms with Crippen LogP contribution >= 0.6 is 0 Å². The van der Waals surface area contributed by atoms with E-state index in [-0.39, 0.29) is 30.7 Å². The summed E-state index contributed by atoms with van der Waals surface area (Å²) in [5.41, 5.74) is -0.637. The molecule has 0 aliphatic carbocycles. The molecule has 39 heavy (non-hydrogen) atoms. The Labute approximate surface area is 217 Å². The second-order valence-electron chi connectivity index (χ2n) is 9.39. The molecule has 1 atom stereocenters. The highest BCUT2D eigenvalue weighted by atomic mass is 19.4. The minimum Gasteiger partial charge on any atom is -0.465 e. The number of aryl methyl sites for hydroxylation is 1. The number of hydrogen-bond donors (Lipinski definition) is 1. The third-order valence-electron chi connectivity index (χ3n) is 6.74. The molecule has 5 rings (SSSR count). The average molecular weight is 556 g/mol. The highest BCUT2D eigenvalue weighted by Crippen LogP contribution is 2.42. The van der Waals surface area contributed by atoms with E-state index in [1.54, 1.807) is 12.1 Å². The molecule has 0 radical (unpaired) electrons. The van der Waals surface area contributed by atoms with Crippen LogP contribution in [0.15, 0.2) is 30.3 Å². The number of nitrogens with zero attached hydrogens (tertiary/aromatic N) is 6. The van der Waals surface area contributed by atoms with Gasteiger partial charge in [0.25, 0.3) is 5.95 Å². The molecule has 15 heteroatoms. The van der Waals surface area contributed by atoms with Crippen molar-refractivity contribution in [2.24, 2.45) is 7.05 Å². The minimum atomic E-state index is -5.01. The first-order valence-electron chi connectivity index (χ1n) is 11.8. The number of amides is 1. The Hall–Kier alpha value is -3.88. The maximum absolute atomic E-state index is 13.6. The SMILES string of the molecule is Cn1nnc(N(Cc2cc(C(F)(F)F)cc(C(F)(F)F)c2)[C@H]2CCCN(C(=O)O)c3cc4c(cc32)COC4)n1. The number of anilines is 2. The first kappa shape index (κ1) is 26.7. The van der Waals surface area contributed by atoms with E-state index < -0.39 is 42.2 Å². The van der Waals surface area contributed by atoms with Crippen molar-refractivity contribution < 1.29 is 41.0 Å². The van der Waals surface area contributed by atoms with E-state index >= 15 is 0 Å². The Kier molecular flexibility index (Phi) is 6.64. The molecule has 3 heterocycles. The van der Waals surface area contributed by atoms with Crippen LogP contribution in [0.4, 0.5) is 42.8 Å². The molecule has 0 spiro atoms. The van der Waals surface area contributed by atoms with Gasteiger partial charge in [0.1, 0.15) is 0 Å². The van der Waals surface area contributed by atoms with Crippen molar-refractivity contribution in [3.05, 3.63) is 63.7 Å². The smallest absolute Gasteiger partial charge is 0.416 e. The maximum atomic E-state index is 13.6. The zero-order valence-corrected chi connectivity index (χ0v) is 20.4. The van der Waals surface area contributed by atoms with Crippen molar-refractivity contribution in [3.8, 4) is 0 Å².